The van der Waals surface area contributed by atoms with Crippen LogP contribution in [0.3, 0.4) is 0 Å². The van der Waals surface area contributed by atoms with E-state index in [1.165, 1.54) is 19.3 Å². The molecule has 110 valence electrons. The number of hydrogen-bond acceptors (Lipinski definition) is 3. The van der Waals surface area contributed by atoms with Gasteiger partial charge in [0.25, 0.3) is 0 Å². The summed E-state index contributed by atoms with van der Waals surface area (Å²) in [5.41, 5.74) is -0.00787. The van der Waals surface area contributed by atoms with Crippen LogP contribution in [0, 0.1) is 0 Å². The van der Waals surface area contributed by atoms with Crippen molar-refractivity contribution in [1.29, 1.82) is 0 Å². The lowest BCUT2D eigenvalue weighted by Gasteiger charge is -2.26. The van der Waals surface area contributed by atoms with Gasteiger partial charge >= 0.3 is 0 Å². The van der Waals surface area contributed by atoms with Gasteiger partial charge < -0.3 is 14.8 Å². The molecule has 0 spiro atoms. The number of ether oxygens (including phenoxy) is 2. The molecule has 0 aliphatic heterocycles. The Balaban J connectivity index is 3.90. The summed E-state index contributed by atoms with van der Waals surface area (Å²) < 4.78 is 10.9. The number of hydrogen-bond donors (Lipinski definition) is 1. The van der Waals surface area contributed by atoms with Gasteiger partial charge in [-0.1, -0.05) is 6.92 Å². The van der Waals surface area contributed by atoms with E-state index < -0.39 is 0 Å². The molecule has 1 N–H and O–H groups in total. The van der Waals surface area contributed by atoms with Crippen molar-refractivity contribution < 1.29 is 9.47 Å². The van der Waals surface area contributed by atoms with E-state index in [9.17, 15) is 0 Å². The maximum Gasteiger partial charge on any atom is 0.0623 e. The van der Waals surface area contributed by atoms with Gasteiger partial charge in [0.05, 0.1) is 5.60 Å². The molecule has 0 aliphatic rings. The van der Waals surface area contributed by atoms with E-state index in [1.54, 1.807) is 7.11 Å². The summed E-state index contributed by atoms with van der Waals surface area (Å²) in [6, 6.07) is 0.597. The molecule has 0 rings (SSSR count). The Hall–Kier alpha value is -0.120. The molecule has 0 amide bonds. The molecule has 0 aromatic heterocycles. The summed E-state index contributed by atoms with van der Waals surface area (Å²) in [6.07, 6.45) is 5.80. The fourth-order valence-corrected chi connectivity index (χ4v) is 1.90. The number of rotatable bonds is 12. The Bertz CT molecular complexity index is 183. The zero-order valence-corrected chi connectivity index (χ0v) is 13.1. The first-order chi connectivity index (χ1) is 8.55. The minimum absolute atomic E-state index is 0.00787. The van der Waals surface area contributed by atoms with Crippen molar-refractivity contribution in [3.8, 4) is 0 Å². The highest BCUT2D eigenvalue weighted by atomic mass is 16.5. The highest BCUT2D eigenvalue weighted by Gasteiger charge is 2.18. The van der Waals surface area contributed by atoms with E-state index in [1.807, 2.05) is 6.92 Å². The lowest BCUT2D eigenvalue weighted by Crippen LogP contribution is -2.33. The van der Waals surface area contributed by atoms with Gasteiger partial charge in [0.1, 0.15) is 0 Å². The molecule has 1 unspecified atom stereocenters. The molecule has 3 heteroatoms. The first kappa shape index (κ1) is 17.9. The fourth-order valence-electron chi connectivity index (χ4n) is 1.90. The first-order valence-electron chi connectivity index (χ1n) is 7.42. The van der Waals surface area contributed by atoms with Gasteiger partial charge in [-0.15, -0.1) is 0 Å². The molecular formula is C15H33NO2. The Morgan fingerprint density at radius 3 is 2.44 bits per heavy atom. The summed E-state index contributed by atoms with van der Waals surface area (Å²) in [6.45, 7) is 11.4. The molecule has 0 aromatic rings. The molecule has 0 saturated heterocycles. The third-order valence-corrected chi connectivity index (χ3v) is 3.38. The maximum absolute atomic E-state index is 5.48. The summed E-state index contributed by atoms with van der Waals surface area (Å²) in [7, 11) is 1.80. The molecule has 0 heterocycles. The SMILES string of the molecule is CCCNC(CCCOCC)CCC(C)(C)OC. The average molecular weight is 259 g/mol. The minimum atomic E-state index is -0.00787. The second-order valence-electron chi connectivity index (χ2n) is 5.49. The largest absolute Gasteiger partial charge is 0.382 e. The zero-order chi connectivity index (χ0) is 13.9. The van der Waals surface area contributed by atoms with Crippen molar-refractivity contribution in [2.45, 2.75) is 71.4 Å². The average Bonchev–Trinajstić information content (AvgIpc) is 2.37. The van der Waals surface area contributed by atoms with Gasteiger partial charge in [-0.05, 0) is 59.4 Å². The van der Waals surface area contributed by atoms with Crippen molar-refractivity contribution in [3.05, 3.63) is 0 Å². The van der Waals surface area contributed by atoms with Crippen LogP contribution >= 0.6 is 0 Å². The number of methoxy groups -OCH3 is 1. The monoisotopic (exact) mass is 259 g/mol. The van der Waals surface area contributed by atoms with Crippen molar-refractivity contribution in [3.63, 3.8) is 0 Å². The molecule has 1 atom stereocenters. The highest BCUT2D eigenvalue weighted by molar-refractivity contribution is 4.74. The number of nitrogens with one attached hydrogen (secondary N) is 1. The molecular weight excluding hydrogens is 226 g/mol. The van der Waals surface area contributed by atoms with Crippen molar-refractivity contribution in [2.75, 3.05) is 26.9 Å². The van der Waals surface area contributed by atoms with Crippen LogP contribution in [0.5, 0.6) is 0 Å². The van der Waals surface area contributed by atoms with Crippen LogP contribution in [0.2, 0.25) is 0 Å². The zero-order valence-electron chi connectivity index (χ0n) is 13.1. The van der Waals surface area contributed by atoms with Crippen molar-refractivity contribution in [1.82, 2.24) is 5.32 Å². The van der Waals surface area contributed by atoms with Crippen LogP contribution in [-0.2, 0) is 9.47 Å². The molecule has 0 aliphatic carbocycles. The van der Waals surface area contributed by atoms with E-state index in [-0.39, 0.29) is 5.60 Å². The first-order valence-corrected chi connectivity index (χ1v) is 7.42. The lowest BCUT2D eigenvalue weighted by molar-refractivity contribution is 0.0113. The molecule has 0 radical (unpaired) electrons. The van der Waals surface area contributed by atoms with Crippen LogP contribution in [0.25, 0.3) is 0 Å². The molecule has 0 bridgehead atoms. The van der Waals surface area contributed by atoms with Crippen LogP contribution in [0.1, 0.15) is 59.8 Å². The second-order valence-corrected chi connectivity index (χ2v) is 5.49. The minimum Gasteiger partial charge on any atom is -0.382 e. The third kappa shape index (κ3) is 9.86. The molecule has 0 saturated carbocycles. The quantitative estimate of drug-likeness (QED) is 0.545. The van der Waals surface area contributed by atoms with Crippen molar-refractivity contribution >= 4 is 0 Å². The van der Waals surface area contributed by atoms with Gasteiger partial charge in [-0.25, -0.2) is 0 Å². The Morgan fingerprint density at radius 2 is 1.89 bits per heavy atom. The van der Waals surface area contributed by atoms with Crippen LogP contribution in [0.4, 0.5) is 0 Å². The normalized spacial score (nSPS) is 13.8. The van der Waals surface area contributed by atoms with Crippen LogP contribution in [0.15, 0.2) is 0 Å². The van der Waals surface area contributed by atoms with Gasteiger partial charge in [0.2, 0.25) is 0 Å². The van der Waals surface area contributed by atoms with E-state index in [2.05, 4.69) is 26.1 Å². The summed E-state index contributed by atoms with van der Waals surface area (Å²) in [4.78, 5) is 0. The van der Waals surface area contributed by atoms with E-state index in [4.69, 9.17) is 9.47 Å². The maximum atomic E-state index is 5.48. The van der Waals surface area contributed by atoms with Gasteiger partial charge in [-0.3, -0.25) is 0 Å². The summed E-state index contributed by atoms with van der Waals surface area (Å²) in [5.74, 6) is 0. The standard InChI is InChI=1S/C15H33NO2/c1-6-12-16-14(9-8-13-18-7-2)10-11-15(3,4)17-5/h14,16H,6-13H2,1-5H3. The van der Waals surface area contributed by atoms with Gasteiger partial charge in [0, 0.05) is 26.4 Å². The van der Waals surface area contributed by atoms with E-state index in [0.29, 0.717) is 6.04 Å². The van der Waals surface area contributed by atoms with E-state index in [0.717, 1.165) is 32.6 Å². The Kier molecular flexibility index (Phi) is 10.7. The Morgan fingerprint density at radius 1 is 1.17 bits per heavy atom. The van der Waals surface area contributed by atoms with E-state index >= 15 is 0 Å². The molecule has 3 nitrogen and oxygen atoms in total. The smallest absolute Gasteiger partial charge is 0.0623 e. The third-order valence-electron chi connectivity index (χ3n) is 3.38. The molecule has 0 fully saturated rings. The van der Waals surface area contributed by atoms with Crippen molar-refractivity contribution in [2.24, 2.45) is 0 Å². The topological polar surface area (TPSA) is 30.5 Å². The van der Waals surface area contributed by atoms with Gasteiger partial charge in [-0.2, -0.15) is 0 Å². The highest BCUT2D eigenvalue weighted by Crippen LogP contribution is 2.18. The lowest BCUT2D eigenvalue weighted by atomic mass is 9.96. The summed E-state index contributed by atoms with van der Waals surface area (Å²) in [5, 5.41) is 3.63. The second kappa shape index (κ2) is 10.8. The van der Waals surface area contributed by atoms with Crippen LogP contribution in [-0.4, -0.2) is 38.5 Å². The predicted molar refractivity (Wildman–Crippen MR) is 78.1 cm³/mol. The molecule has 0 aromatic carbocycles. The summed E-state index contributed by atoms with van der Waals surface area (Å²) >= 11 is 0. The fraction of sp³-hybridized carbons (Fsp3) is 1.00. The Labute approximate surface area is 114 Å². The van der Waals surface area contributed by atoms with Crippen LogP contribution < -0.4 is 5.32 Å². The predicted octanol–water partition coefficient (Wildman–Crippen LogP) is 3.38. The van der Waals surface area contributed by atoms with Gasteiger partial charge in [0.15, 0.2) is 0 Å². The molecule has 18 heavy (non-hydrogen) atoms.